The Bertz CT molecular complexity index is 1880. The van der Waals surface area contributed by atoms with E-state index < -0.39 is 56.6 Å². The smallest absolute Gasteiger partial charge is 0.464 e. The monoisotopic (exact) mass is 770 g/mol. The van der Waals surface area contributed by atoms with Gasteiger partial charge < -0.3 is 23.7 Å². The zero-order valence-electron chi connectivity index (χ0n) is 31.0. The highest BCUT2D eigenvalue weighted by atomic mass is 31.2. The van der Waals surface area contributed by atoms with E-state index in [-0.39, 0.29) is 37.9 Å². The highest BCUT2D eigenvalue weighted by molar-refractivity contribution is 7.48. The van der Waals surface area contributed by atoms with E-state index in [1.165, 1.54) is 0 Å². The molecule has 0 spiro atoms. The second-order valence-corrected chi connectivity index (χ2v) is 15.4. The van der Waals surface area contributed by atoms with Crippen LogP contribution >= 0.6 is 7.82 Å². The van der Waals surface area contributed by atoms with Gasteiger partial charge in [-0.1, -0.05) is 124 Å². The summed E-state index contributed by atoms with van der Waals surface area (Å²) in [5.41, 5.74) is 5.18. The fourth-order valence-corrected chi connectivity index (χ4v) is 8.51. The van der Waals surface area contributed by atoms with Gasteiger partial charge in [0.25, 0.3) is 0 Å². The van der Waals surface area contributed by atoms with Crippen molar-refractivity contribution in [3.63, 3.8) is 0 Å². The molecule has 1 aliphatic carbocycles. The number of rotatable bonds is 16. The molecular weight excluding hydrogens is 723 g/mol. The molecule has 4 aromatic carbocycles. The molecule has 3 aliphatic rings. The minimum atomic E-state index is -4.32. The van der Waals surface area contributed by atoms with Crippen molar-refractivity contribution in [2.75, 3.05) is 26.4 Å². The summed E-state index contributed by atoms with van der Waals surface area (Å²) in [6.07, 6.45) is -3.15. The Morgan fingerprint density at radius 3 is 1.95 bits per heavy atom. The van der Waals surface area contributed by atoms with Crippen LogP contribution in [0.2, 0.25) is 0 Å². The number of phosphoric ester groups is 1. The molecule has 2 fully saturated rings. The quantitative estimate of drug-likeness (QED) is 0.0617. The average Bonchev–Trinajstić information content (AvgIpc) is 3.54. The third-order valence-corrected chi connectivity index (χ3v) is 11.5. The summed E-state index contributed by atoms with van der Waals surface area (Å²) in [4.78, 5) is 28.6. The molecule has 2 heterocycles. The summed E-state index contributed by atoms with van der Waals surface area (Å²) in [5.74, 6) is -3.01. The van der Waals surface area contributed by atoms with Crippen molar-refractivity contribution in [2.24, 2.45) is 5.92 Å². The minimum Gasteiger partial charge on any atom is -0.464 e. The Kier molecular flexibility index (Phi) is 12.9. The number of ether oxygens (including phenoxy) is 5. The van der Waals surface area contributed by atoms with E-state index in [1.54, 1.807) is 30.3 Å². The molecule has 0 bridgehead atoms. The second-order valence-electron chi connectivity index (χ2n) is 13.8. The van der Waals surface area contributed by atoms with Crippen molar-refractivity contribution in [2.45, 2.75) is 76.3 Å². The molecule has 12 heteroatoms. The van der Waals surface area contributed by atoms with Crippen molar-refractivity contribution in [3.8, 4) is 11.1 Å². The van der Waals surface area contributed by atoms with Crippen molar-refractivity contribution in [3.05, 3.63) is 131 Å². The maximum absolute atomic E-state index is 14.8. The Morgan fingerprint density at radius 1 is 0.745 bits per heavy atom. The fraction of sp³-hybridized carbons (Fsp3) is 0.395. The molecule has 290 valence electrons. The lowest BCUT2D eigenvalue weighted by molar-refractivity contribution is -0.340. The van der Waals surface area contributed by atoms with Crippen LogP contribution in [0.3, 0.4) is 0 Å². The molecule has 7 rings (SSSR count). The van der Waals surface area contributed by atoms with Crippen LogP contribution in [0, 0.1) is 5.92 Å². The van der Waals surface area contributed by atoms with Crippen molar-refractivity contribution in [1.29, 1.82) is 0 Å². The molecule has 2 aliphatic heterocycles. The van der Waals surface area contributed by atoms with Crippen LogP contribution < -0.4 is 0 Å². The summed E-state index contributed by atoms with van der Waals surface area (Å²) >= 11 is 0. The van der Waals surface area contributed by atoms with E-state index in [1.807, 2.05) is 80.6 Å². The Hall–Kier alpha value is -4.19. The van der Waals surface area contributed by atoms with Gasteiger partial charge in [-0.2, -0.15) is 0 Å². The normalized spacial score (nSPS) is 23.3. The van der Waals surface area contributed by atoms with Gasteiger partial charge >= 0.3 is 19.8 Å². The van der Waals surface area contributed by atoms with Crippen LogP contribution in [0.25, 0.3) is 11.1 Å². The Morgan fingerprint density at radius 2 is 1.33 bits per heavy atom. The van der Waals surface area contributed by atoms with Gasteiger partial charge in [0.1, 0.15) is 24.7 Å². The number of esters is 2. The zero-order chi connectivity index (χ0) is 38.2. The number of carbonyl (C=O) groups is 2. The van der Waals surface area contributed by atoms with Crippen LogP contribution in [-0.2, 0) is 46.6 Å². The molecule has 2 saturated heterocycles. The van der Waals surface area contributed by atoms with Crippen molar-refractivity contribution >= 4 is 19.8 Å². The molecule has 0 radical (unpaired) electrons. The molecule has 0 aromatic heterocycles. The maximum Gasteiger partial charge on any atom is 0.477 e. The number of fused-ring (bicyclic) bond motifs is 4. The summed E-state index contributed by atoms with van der Waals surface area (Å²) in [7, 11) is -4.32. The predicted octanol–water partition coefficient (Wildman–Crippen LogP) is 8.78. The van der Waals surface area contributed by atoms with Crippen LogP contribution in [0.4, 0.5) is 0 Å². The van der Waals surface area contributed by atoms with Crippen molar-refractivity contribution in [1.82, 2.24) is 0 Å². The fourth-order valence-electron chi connectivity index (χ4n) is 7.19. The third kappa shape index (κ3) is 8.95. The Balaban J connectivity index is 1.24. The van der Waals surface area contributed by atoms with Gasteiger partial charge in [-0.3, -0.25) is 18.4 Å². The summed E-state index contributed by atoms with van der Waals surface area (Å²) < 4.78 is 63.3. The van der Waals surface area contributed by atoms with Crippen LogP contribution in [0.1, 0.15) is 78.8 Å². The number of phosphoric acid groups is 1. The SMILES string of the molecule is CCCCOP(=O)(OCCCC)OC1OC2COC(c3ccccc3)O[C@H]2[C@H](C(=O)OCC2c3ccccc3-c3ccccc32)C1OC(=O)c1ccccc1. The van der Waals surface area contributed by atoms with E-state index >= 15 is 0 Å². The topological polar surface area (TPSA) is 125 Å². The van der Waals surface area contributed by atoms with E-state index in [9.17, 15) is 14.2 Å². The molecule has 0 saturated carbocycles. The second kappa shape index (κ2) is 18.2. The highest BCUT2D eigenvalue weighted by Crippen LogP contribution is 2.54. The van der Waals surface area contributed by atoms with E-state index in [4.69, 9.17) is 37.3 Å². The van der Waals surface area contributed by atoms with Gasteiger partial charge in [0, 0.05) is 11.5 Å². The first kappa shape index (κ1) is 39.1. The maximum atomic E-state index is 14.8. The molecule has 4 aromatic rings. The molecule has 0 amide bonds. The number of hydrogen-bond acceptors (Lipinski definition) is 11. The van der Waals surface area contributed by atoms with E-state index in [0.29, 0.717) is 12.8 Å². The van der Waals surface area contributed by atoms with Gasteiger partial charge in [-0.25, -0.2) is 9.36 Å². The summed E-state index contributed by atoms with van der Waals surface area (Å²) in [6, 6.07) is 33.7. The van der Waals surface area contributed by atoms with Gasteiger partial charge in [0.15, 0.2) is 12.4 Å². The molecule has 0 N–H and O–H groups in total. The molecule has 11 nitrogen and oxygen atoms in total. The number of benzene rings is 4. The van der Waals surface area contributed by atoms with Gasteiger partial charge in [-0.15, -0.1) is 0 Å². The zero-order valence-corrected chi connectivity index (χ0v) is 31.9. The Labute approximate surface area is 321 Å². The lowest BCUT2D eigenvalue weighted by Gasteiger charge is -2.48. The first-order chi connectivity index (χ1) is 26.9. The lowest BCUT2D eigenvalue weighted by atomic mass is 9.87. The third-order valence-electron chi connectivity index (χ3n) is 10.0. The number of carbonyl (C=O) groups excluding carboxylic acids is 2. The largest absolute Gasteiger partial charge is 0.477 e. The van der Waals surface area contributed by atoms with Crippen LogP contribution in [-0.4, -0.2) is 63.0 Å². The molecule has 4 unspecified atom stereocenters. The van der Waals surface area contributed by atoms with E-state index in [0.717, 1.165) is 40.7 Å². The lowest BCUT2D eigenvalue weighted by Crippen LogP contribution is -2.62. The van der Waals surface area contributed by atoms with Gasteiger partial charge in [-0.05, 0) is 47.2 Å². The summed E-state index contributed by atoms with van der Waals surface area (Å²) in [6.45, 7) is 4.11. The summed E-state index contributed by atoms with van der Waals surface area (Å²) in [5, 5.41) is 0. The average molecular weight is 771 g/mol. The first-order valence-electron chi connectivity index (χ1n) is 19.0. The predicted molar refractivity (Wildman–Crippen MR) is 203 cm³/mol. The number of unbranched alkanes of at least 4 members (excludes halogenated alkanes) is 2. The molecule has 55 heavy (non-hydrogen) atoms. The van der Waals surface area contributed by atoms with E-state index in [2.05, 4.69) is 12.1 Å². The standard InChI is InChI=1S/C43H47O11P/c1-3-5-25-49-55(46,50-26-6-4-2)54-43-39(52-40(44)29-17-9-7-10-18-29)37(38-36(51-43)28-48-42(53-38)30-19-11-8-12-20-30)41(45)47-27-35-33-23-15-13-21-31(33)32-22-14-16-24-34(32)35/h7-24,35-39,42-43H,3-6,25-28H2,1-2H3/t36?,37-,38+,39?,42?,43?/m0/s1. The van der Waals surface area contributed by atoms with Gasteiger partial charge in [0.05, 0.1) is 25.4 Å². The molecule has 6 atom stereocenters. The van der Waals surface area contributed by atoms with Crippen molar-refractivity contribution < 1.29 is 51.4 Å². The first-order valence-corrected chi connectivity index (χ1v) is 20.5. The van der Waals surface area contributed by atoms with Crippen LogP contribution in [0.15, 0.2) is 109 Å². The highest BCUT2D eigenvalue weighted by Gasteiger charge is 2.57. The van der Waals surface area contributed by atoms with Crippen LogP contribution in [0.5, 0.6) is 0 Å². The number of hydrogen-bond donors (Lipinski definition) is 0. The van der Waals surface area contributed by atoms with Gasteiger partial charge in [0.2, 0.25) is 6.29 Å². The minimum absolute atomic E-state index is 0.00381. The molecular formula is C43H47O11P.